The van der Waals surface area contributed by atoms with Crippen molar-refractivity contribution in [3.8, 4) is 0 Å². The van der Waals surface area contributed by atoms with Gasteiger partial charge >= 0.3 is 0 Å². The van der Waals surface area contributed by atoms with E-state index in [0.717, 1.165) is 25.9 Å². The van der Waals surface area contributed by atoms with Gasteiger partial charge in [0.1, 0.15) is 10.7 Å². The van der Waals surface area contributed by atoms with Crippen molar-refractivity contribution in [2.45, 2.75) is 50.1 Å². The Morgan fingerprint density at radius 3 is 2.86 bits per heavy atom. The molecule has 1 fully saturated rings. The third-order valence-corrected chi connectivity index (χ3v) is 4.93. The van der Waals surface area contributed by atoms with Crippen LogP contribution >= 0.6 is 0 Å². The fraction of sp³-hybridized carbons (Fsp3) is 0.667. The molecule has 2 heterocycles. The number of pyridine rings is 1. The lowest BCUT2D eigenvalue weighted by atomic mass is 10.0. The molecule has 0 bridgehead atoms. The van der Waals surface area contributed by atoms with Gasteiger partial charge in [-0.05, 0) is 31.4 Å². The van der Waals surface area contributed by atoms with E-state index in [-0.39, 0.29) is 0 Å². The maximum atomic E-state index is 12.0. The highest BCUT2D eigenvalue weighted by Gasteiger charge is 2.27. The zero-order valence-corrected chi connectivity index (χ0v) is 13.9. The van der Waals surface area contributed by atoms with Gasteiger partial charge in [0.25, 0.3) is 0 Å². The zero-order chi connectivity index (χ0) is 15.5. The van der Waals surface area contributed by atoms with E-state index in [4.69, 9.17) is 0 Å². The summed E-state index contributed by atoms with van der Waals surface area (Å²) in [7, 11) is -3.26. The first-order valence-electron chi connectivity index (χ1n) is 7.54. The van der Waals surface area contributed by atoms with Crippen molar-refractivity contribution in [2.24, 2.45) is 0 Å². The van der Waals surface area contributed by atoms with Gasteiger partial charge in [-0.15, -0.1) is 0 Å². The predicted molar refractivity (Wildman–Crippen MR) is 85.5 cm³/mol. The third kappa shape index (κ3) is 4.17. The van der Waals surface area contributed by atoms with Crippen molar-refractivity contribution in [3.05, 3.63) is 18.3 Å². The molecule has 2 rings (SSSR count). The zero-order valence-electron chi connectivity index (χ0n) is 13.0. The summed E-state index contributed by atoms with van der Waals surface area (Å²) in [4.78, 5) is 6.86. The summed E-state index contributed by atoms with van der Waals surface area (Å²) in [5.74, 6) is 0.607. The number of nitrogens with zero attached hydrogens (tertiary/aromatic N) is 2. The molecule has 0 saturated carbocycles. The van der Waals surface area contributed by atoms with Gasteiger partial charge < -0.3 is 10.2 Å². The largest absolute Gasteiger partial charge is 0.351 e. The van der Waals surface area contributed by atoms with E-state index in [1.54, 1.807) is 18.3 Å². The standard InChI is InChI=1S/C15H25N3O2S/c1-12(2)17-11-13-7-4-5-10-18(13)15-14(21(3,19)20)8-6-9-16-15/h6,8-9,12-13,17H,4-5,7,10-11H2,1-3H3. The van der Waals surface area contributed by atoms with Gasteiger partial charge in [0.2, 0.25) is 0 Å². The Hall–Kier alpha value is -1.14. The molecular weight excluding hydrogens is 286 g/mol. The van der Waals surface area contributed by atoms with Crippen LogP contribution in [0.15, 0.2) is 23.2 Å². The fourth-order valence-corrected chi connectivity index (χ4v) is 3.58. The molecule has 0 aliphatic carbocycles. The van der Waals surface area contributed by atoms with Crippen LogP contribution in [0.1, 0.15) is 33.1 Å². The topological polar surface area (TPSA) is 62.3 Å². The molecule has 1 N–H and O–H groups in total. The quantitative estimate of drug-likeness (QED) is 0.899. The van der Waals surface area contributed by atoms with E-state index >= 15 is 0 Å². The first kappa shape index (κ1) is 16.2. The predicted octanol–water partition coefficient (Wildman–Crippen LogP) is 1.84. The SMILES string of the molecule is CC(C)NCC1CCCCN1c1ncccc1S(C)(=O)=O. The van der Waals surface area contributed by atoms with E-state index in [1.807, 2.05) is 0 Å². The van der Waals surface area contributed by atoms with Crippen molar-refractivity contribution < 1.29 is 8.42 Å². The van der Waals surface area contributed by atoms with Crippen LogP contribution in [-0.4, -0.2) is 44.8 Å². The summed E-state index contributed by atoms with van der Waals surface area (Å²) >= 11 is 0. The number of rotatable bonds is 5. The molecule has 1 aliphatic rings. The average Bonchev–Trinajstić information content (AvgIpc) is 2.44. The van der Waals surface area contributed by atoms with Gasteiger partial charge in [-0.25, -0.2) is 13.4 Å². The van der Waals surface area contributed by atoms with Gasteiger partial charge in [-0.3, -0.25) is 0 Å². The van der Waals surface area contributed by atoms with Gasteiger partial charge in [0, 0.05) is 37.6 Å². The Morgan fingerprint density at radius 2 is 2.19 bits per heavy atom. The van der Waals surface area contributed by atoms with Gasteiger partial charge in [-0.2, -0.15) is 0 Å². The molecule has 118 valence electrons. The maximum absolute atomic E-state index is 12.0. The van der Waals surface area contributed by atoms with Crippen LogP contribution in [0.2, 0.25) is 0 Å². The molecule has 1 aromatic heterocycles. The molecule has 1 saturated heterocycles. The first-order valence-corrected chi connectivity index (χ1v) is 9.44. The van der Waals surface area contributed by atoms with Crippen molar-refractivity contribution in [3.63, 3.8) is 0 Å². The summed E-state index contributed by atoms with van der Waals surface area (Å²) in [5.41, 5.74) is 0. The number of hydrogen-bond acceptors (Lipinski definition) is 5. The van der Waals surface area contributed by atoms with Gasteiger partial charge in [0.15, 0.2) is 9.84 Å². The highest BCUT2D eigenvalue weighted by atomic mass is 32.2. The minimum Gasteiger partial charge on any atom is -0.351 e. The second-order valence-corrected chi connectivity index (χ2v) is 7.99. The van der Waals surface area contributed by atoms with E-state index in [0.29, 0.717) is 22.8 Å². The smallest absolute Gasteiger partial charge is 0.179 e. The minimum atomic E-state index is -3.26. The summed E-state index contributed by atoms with van der Waals surface area (Å²) < 4.78 is 24.0. The van der Waals surface area contributed by atoms with E-state index in [2.05, 4.69) is 29.0 Å². The highest BCUT2D eigenvalue weighted by Crippen LogP contribution is 2.28. The van der Waals surface area contributed by atoms with Crippen LogP contribution < -0.4 is 10.2 Å². The van der Waals surface area contributed by atoms with E-state index in [1.165, 1.54) is 12.7 Å². The Morgan fingerprint density at radius 1 is 1.43 bits per heavy atom. The van der Waals surface area contributed by atoms with Crippen molar-refractivity contribution >= 4 is 15.7 Å². The Labute approximate surface area is 127 Å². The summed E-state index contributed by atoms with van der Waals surface area (Å²) in [6.45, 7) is 5.97. The molecule has 5 nitrogen and oxygen atoms in total. The van der Waals surface area contributed by atoms with Crippen LogP contribution in [0.4, 0.5) is 5.82 Å². The molecule has 0 spiro atoms. The highest BCUT2D eigenvalue weighted by molar-refractivity contribution is 7.90. The third-order valence-electron chi connectivity index (χ3n) is 3.81. The molecule has 21 heavy (non-hydrogen) atoms. The molecule has 0 radical (unpaired) electrons. The van der Waals surface area contributed by atoms with Crippen molar-refractivity contribution in [1.29, 1.82) is 0 Å². The first-order chi connectivity index (χ1) is 9.89. The van der Waals surface area contributed by atoms with Gasteiger partial charge in [0.05, 0.1) is 0 Å². The monoisotopic (exact) mass is 311 g/mol. The Kier molecular flexibility index (Phi) is 5.22. The number of hydrogen-bond donors (Lipinski definition) is 1. The maximum Gasteiger partial charge on any atom is 0.179 e. The molecule has 1 unspecified atom stereocenters. The number of sulfone groups is 1. The van der Waals surface area contributed by atoms with Crippen LogP contribution in [0.5, 0.6) is 0 Å². The molecule has 1 aromatic rings. The number of nitrogens with one attached hydrogen (secondary N) is 1. The second-order valence-electron chi connectivity index (χ2n) is 6.00. The lowest BCUT2D eigenvalue weighted by Crippen LogP contribution is -2.47. The summed E-state index contributed by atoms with van der Waals surface area (Å²) in [6, 6.07) is 4.06. The molecule has 6 heteroatoms. The lowest BCUT2D eigenvalue weighted by Gasteiger charge is -2.38. The number of piperidine rings is 1. The van der Waals surface area contributed by atoms with E-state index < -0.39 is 9.84 Å². The average molecular weight is 311 g/mol. The molecule has 1 aliphatic heterocycles. The molecule has 1 atom stereocenters. The van der Waals surface area contributed by atoms with Crippen LogP contribution in [0.25, 0.3) is 0 Å². The molecular formula is C15H25N3O2S. The van der Waals surface area contributed by atoms with Crippen molar-refractivity contribution in [2.75, 3.05) is 24.2 Å². The minimum absolute atomic E-state index is 0.302. The number of anilines is 1. The normalized spacial score (nSPS) is 20.0. The van der Waals surface area contributed by atoms with E-state index in [9.17, 15) is 8.42 Å². The molecule has 0 amide bonds. The Balaban J connectivity index is 2.29. The van der Waals surface area contributed by atoms with Crippen molar-refractivity contribution in [1.82, 2.24) is 10.3 Å². The fourth-order valence-electron chi connectivity index (χ4n) is 2.75. The Bertz CT molecular complexity index is 572. The van der Waals surface area contributed by atoms with Crippen LogP contribution in [0.3, 0.4) is 0 Å². The summed E-state index contributed by atoms with van der Waals surface area (Å²) in [5, 5.41) is 3.45. The summed E-state index contributed by atoms with van der Waals surface area (Å²) in [6.07, 6.45) is 6.25. The second kappa shape index (κ2) is 6.75. The lowest BCUT2D eigenvalue weighted by molar-refractivity contribution is 0.417. The van der Waals surface area contributed by atoms with Crippen LogP contribution in [-0.2, 0) is 9.84 Å². The number of aromatic nitrogens is 1. The van der Waals surface area contributed by atoms with Gasteiger partial charge in [-0.1, -0.05) is 13.8 Å². The molecule has 0 aromatic carbocycles. The van der Waals surface area contributed by atoms with Crippen LogP contribution in [0, 0.1) is 0 Å².